The second-order valence-corrected chi connectivity index (χ2v) is 9.99. The molecule has 0 unspecified atom stereocenters. The van der Waals surface area contributed by atoms with Gasteiger partial charge in [0.2, 0.25) is 5.91 Å². The molecule has 0 bridgehead atoms. The van der Waals surface area contributed by atoms with Crippen molar-refractivity contribution in [3.8, 4) is 16.9 Å². The number of fused-ring (bicyclic) bond motifs is 1. The molecule has 5 rings (SSSR count). The van der Waals surface area contributed by atoms with Gasteiger partial charge in [-0.05, 0) is 72.6 Å². The van der Waals surface area contributed by atoms with Crippen molar-refractivity contribution in [2.75, 3.05) is 6.54 Å². The summed E-state index contributed by atoms with van der Waals surface area (Å²) in [5.74, 6) is -0.266. The van der Waals surface area contributed by atoms with Crippen molar-refractivity contribution in [1.82, 2.24) is 4.90 Å². The van der Waals surface area contributed by atoms with Gasteiger partial charge < -0.3 is 14.7 Å². The number of carbonyl (C=O) groups is 2. The molecule has 1 N–H and O–H groups in total. The lowest BCUT2D eigenvalue weighted by atomic mass is 9.89. The molecule has 1 heterocycles. The zero-order chi connectivity index (χ0) is 25.4. The lowest BCUT2D eigenvalue weighted by Gasteiger charge is -2.31. The number of rotatable bonds is 7. The van der Waals surface area contributed by atoms with Crippen LogP contribution in [-0.2, 0) is 29.0 Å². The molecule has 0 aromatic heterocycles. The van der Waals surface area contributed by atoms with Crippen LogP contribution >= 0.6 is 0 Å². The highest BCUT2D eigenvalue weighted by molar-refractivity contribution is 5.84. The number of ether oxygens (including phenoxy) is 1. The first-order valence-corrected chi connectivity index (χ1v) is 12.5. The monoisotopic (exact) mass is 487 g/mol. The average molecular weight is 488 g/mol. The fourth-order valence-electron chi connectivity index (χ4n) is 5.27. The van der Waals surface area contributed by atoms with Crippen LogP contribution in [0.4, 0.5) is 4.39 Å². The molecule has 186 valence electrons. The second-order valence-electron chi connectivity index (χ2n) is 9.99. The molecule has 0 saturated heterocycles. The number of carbonyl (C=O) groups excluding carboxylic acids is 1. The molecule has 2 atom stereocenters. The molecule has 1 aliphatic carbocycles. The van der Waals surface area contributed by atoms with Crippen molar-refractivity contribution in [3.05, 3.63) is 88.7 Å². The van der Waals surface area contributed by atoms with Gasteiger partial charge in [-0.15, -0.1) is 0 Å². The van der Waals surface area contributed by atoms with Crippen LogP contribution in [0.5, 0.6) is 5.75 Å². The third kappa shape index (κ3) is 4.85. The van der Waals surface area contributed by atoms with E-state index in [1.807, 2.05) is 43.0 Å². The number of nitrogens with zero attached hydrogens (tertiary/aromatic N) is 1. The van der Waals surface area contributed by atoms with Gasteiger partial charge in [0.15, 0.2) is 0 Å². The zero-order valence-corrected chi connectivity index (χ0v) is 20.5. The van der Waals surface area contributed by atoms with E-state index >= 15 is 0 Å². The van der Waals surface area contributed by atoms with Crippen LogP contribution in [0.15, 0.2) is 60.7 Å². The molecule has 0 radical (unpaired) electrons. The smallest absolute Gasteiger partial charge is 0.307 e. The quantitative estimate of drug-likeness (QED) is 0.471. The Labute approximate surface area is 210 Å². The molecule has 2 aliphatic rings. The van der Waals surface area contributed by atoms with Gasteiger partial charge in [-0.1, -0.05) is 48.5 Å². The summed E-state index contributed by atoms with van der Waals surface area (Å²) in [4.78, 5) is 26.5. The summed E-state index contributed by atoms with van der Waals surface area (Å²) in [6.45, 7) is 4.66. The van der Waals surface area contributed by atoms with Gasteiger partial charge in [0.25, 0.3) is 0 Å². The molecule has 1 saturated carbocycles. The minimum atomic E-state index is -0.916. The zero-order valence-electron chi connectivity index (χ0n) is 20.5. The van der Waals surface area contributed by atoms with E-state index in [0.717, 1.165) is 23.1 Å². The van der Waals surface area contributed by atoms with E-state index < -0.39 is 5.97 Å². The van der Waals surface area contributed by atoms with Crippen LogP contribution in [0.3, 0.4) is 0 Å². The maximum atomic E-state index is 14.9. The van der Waals surface area contributed by atoms with Crippen molar-refractivity contribution >= 4 is 11.9 Å². The van der Waals surface area contributed by atoms with Crippen LogP contribution < -0.4 is 4.74 Å². The number of hydrogen-bond donors (Lipinski definition) is 1. The first kappa shape index (κ1) is 24.0. The van der Waals surface area contributed by atoms with Gasteiger partial charge >= 0.3 is 5.97 Å². The number of carboxylic acids is 1. The average Bonchev–Trinajstić information content (AvgIpc) is 3.65. The third-order valence-electron chi connectivity index (χ3n) is 7.06. The van der Waals surface area contributed by atoms with Gasteiger partial charge in [0.1, 0.15) is 11.6 Å². The minimum Gasteiger partial charge on any atom is -0.490 e. The van der Waals surface area contributed by atoms with E-state index in [2.05, 4.69) is 12.1 Å². The van der Waals surface area contributed by atoms with Crippen molar-refractivity contribution in [2.24, 2.45) is 5.92 Å². The van der Waals surface area contributed by atoms with E-state index in [0.29, 0.717) is 36.4 Å². The normalized spacial score (nSPS) is 18.6. The highest BCUT2D eigenvalue weighted by Gasteiger charge is 2.46. The van der Waals surface area contributed by atoms with Gasteiger partial charge in [-0.2, -0.15) is 0 Å². The molecular formula is C30H30FNO4. The number of carboxylic acid groups (broad SMARTS) is 1. The standard InChI is InChI=1S/C30H30FNO4/c1-18(2)36-28-14-19(15-29(33)34)8-9-23(28)21-10-11-27(31)22-12-13-32(17-26(21)22)30(35)25-16-24(25)20-6-4-3-5-7-20/h3-11,14,18,24-25H,12-13,15-17H2,1-2H3,(H,33,34)/t24-,25+/m0/s1. The van der Waals surface area contributed by atoms with Gasteiger partial charge in [0.05, 0.1) is 12.5 Å². The van der Waals surface area contributed by atoms with E-state index in [-0.39, 0.29) is 36.1 Å². The summed E-state index contributed by atoms with van der Waals surface area (Å²) >= 11 is 0. The van der Waals surface area contributed by atoms with Crippen LogP contribution in [0.25, 0.3) is 11.1 Å². The second kappa shape index (κ2) is 9.76. The summed E-state index contributed by atoms with van der Waals surface area (Å²) in [6.07, 6.45) is 1.08. The summed E-state index contributed by atoms with van der Waals surface area (Å²) in [5, 5.41) is 9.22. The molecule has 3 aromatic carbocycles. The van der Waals surface area contributed by atoms with E-state index in [4.69, 9.17) is 4.74 Å². The maximum absolute atomic E-state index is 14.9. The van der Waals surface area contributed by atoms with E-state index in [1.54, 1.807) is 18.2 Å². The highest BCUT2D eigenvalue weighted by atomic mass is 19.1. The van der Waals surface area contributed by atoms with Gasteiger partial charge in [-0.25, -0.2) is 4.39 Å². The molecule has 6 heteroatoms. The summed E-state index contributed by atoms with van der Waals surface area (Å²) in [7, 11) is 0. The summed E-state index contributed by atoms with van der Waals surface area (Å²) < 4.78 is 20.9. The van der Waals surface area contributed by atoms with E-state index in [1.165, 1.54) is 11.6 Å². The number of benzene rings is 3. The summed E-state index contributed by atoms with van der Waals surface area (Å²) in [6, 6.07) is 18.7. The Kier molecular flexibility index (Phi) is 6.52. The topological polar surface area (TPSA) is 66.8 Å². The maximum Gasteiger partial charge on any atom is 0.307 e. The Morgan fingerprint density at radius 3 is 2.53 bits per heavy atom. The Balaban J connectivity index is 1.46. The molecule has 1 amide bonds. The molecular weight excluding hydrogens is 457 g/mol. The molecule has 0 spiro atoms. The number of amides is 1. The van der Waals surface area contributed by atoms with E-state index in [9.17, 15) is 19.1 Å². The van der Waals surface area contributed by atoms with Gasteiger partial charge in [-0.3, -0.25) is 9.59 Å². The SMILES string of the molecule is CC(C)Oc1cc(CC(=O)O)ccc1-c1ccc(F)c2c1CN(C(=O)[C@@H]1C[C@H]1c1ccccc1)CC2. The minimum absolute atomic E-state index is 0.0268. The Hall–Kier alpha value is -3.67. The number of aliphatic carboxylic acids is 1. The Morgan fingerprint density at radius 2 is 1.81 bits per heavy atom. The lowest BCUT2D eigenvalue weighted by Crippen LogP contribution is -2.37. The predicted octanol–water partition coefficient (Wildman–Crippen LogP) is 5.60. The lowest BCUT2D eigenvalue weighted by molar-refractivity contribution is -0.136. The molecule has 1 fully saturated rings. The van der Waals surface area contributed by atoms with Crippen molar-refractivity contribution in [3.63, 3.8) is 0 Å². The summed E-state index contributed by atoms with van der Waals surface area (Å²) in [5.41, 5.74) is 4.85. The van der Waals surface area contributed by atoms with Crippen molar-refractivity contribution in [1.29, 1.82) is 0 Å². The largest absolute Gasteiger partial charge is 0.490 e. The Morgan fingerprint density at radius 1 is 1.06 bits per heavy atom. The van der Waals surface area contributed by atoms with Crippen LogP contribution in [0.1, 0.15) is 48.4 Å². The van der Waals surface area contributed by atoms with Crippen molar-refractivity contribution < 1.29 is 23.8 Å². The fourth-order valence-corrected chi connectivity index (χ4v) is 5.27. The van der Waals surface area contributed by atoms with Crippen molar-refractivity contribution in [2.45, 2.75) is 51.7 Å². The predicted molar refractivity (Wildman–Crippen MR) is 135 cm³/mol. The Bertz CT molecular complexity index is 1300. The third-order valence-corrected chi connectivity index (χ3v) is 7.06. The van der Waals surface area contributed by atoms with Crippen LogP contribution in [0.2, 0.25) is 0 Å². The number of hydrogen-bond acceptors (Lipinski definition) is 3. The van der Waals surface area contributed by atoms with Gasteiger partial charge in [0, 0.05) is 24.6 Å². The van der Waals surface area contributed by atoms with Crippen LogP contribution in [0, 0.1) is 11.7 Å². The number of halogens is 1. The first-order valence-electron chi connectivity index (χ1n) is 12.5. The molecule has 36 heavy (non-hydrogen) atoms. The van der Waals surface area contributed by atoms with Crippen LogP contribution in [-0.4, -0.2) is 34.5 Å². The molecule has 3 aromatic rings. The molecule has 1 aliphatic heterocycles. The highest BCUT2D eigenvalue weighted by Crippen LogP contribution is 2.49. The fraction of sp³-hybridized carbons (Fsp3) is 0.333. The first-order chi connectivity index (χ1) is 17.3. The molecule has 5 nitrogen and oxygen atoms in total.